The predicted molar refractivity (Wildman–Crippen MR) is 111 cm³/mol. The first-order valence-electron chi connectivity index (χ1n) is 9.83. The fraction of sp³-hybridized carbons (Fsp3) is 0.364. The smallest absolute Gasteiger partial charge is 0.224 e. The number of para-hydroxylation sites is 1. The van der Waals surface area contributed by atoms with E-state index in [1.54, 1.807) is 24.3 Å². The van der Waals surface area contributed by atoms with E-state index in [9.17, 15) is 9.59 Å². The zero-order valence-corrected chi connectivity index (χ0v) is 16.7. The molecule has 28 heavy (non-hydrogen) atoms. The van der Waals surface area contributed by atoms with E-state index in [1.807, 2.05) is 30.3 Å². The molecule has 3 N–H and O–H groups in total. The van der Waals surface area contributed by atoms with Gasteiger partial charge in [-0.3, -0.25) is 9.59 Å². The van der Waals surface area contributed by atoms with Crippen molar-refractivity contribution in [1.82, 2.24) is 5.32 Å². The van der Waals surface area contributed by atoms with Crippen molar-refractivity contribution in [3.63, 3.8) is 0 Å². The molecule has 0 aliphatic rings. The fourth-order valence-electron chi connectivity index (χ4n) is 2.75. The summed E-state index contributed by atoms with van der Waals surface area (Å²) < 4.78 is 5.72. The van der Waals surface area contributed by atoms with Gasteiger partial charge < -0.3 is 20.3 Å². The summed E-state index contributed by atoms with van der Waals surface area (Å²) in [5, 5.41) is 5.68. The SMILES string of the molecule is CC[NH+](CC)CCNC(=O)CCC(=O)Nc1ccc(Oc2ccccc2)cc1. The number of likely N-dealkylation sites (N-methyl/N-ethyl adjacent to an activating group) is 1. The van der Waals surface area contributed by atoms with Gasteiger partial charge in [-0.15, -0.1) is 0 Å². The number of anilines is 1. The van der Waals surface area contributed by atoms with Crippen molar-refractivity contribution in [2.45, 2.75) is 26.7 Å². The molecule has 0 saturated heterocycles. The largest absolute Gasteiger partial charge is 0.457 e. The zero-order valence-electron chi connectivity index (χ0n) is 16.7. The van der Waals surface area contributed by atoms with E-state index in [0.717, 1.165) is 25.4 Å². The van der Waals surface area contributed by atoms with E-state index in [1.165, 1.54) is 4.90 Å². The Morgan fingerprint density at radius 2 is 1.46 bits per heavy atom. The van der Waals surface area contributed by atoms with E-state index in [4.69, 9.17) is 4.74 Å². The van der Waals surface area contributed by atoms with Crippen molar-refractivity contribution in [2.75, 3.05) is 31.5 Å². The third-order valence-corrected chi connectivity index (χ3v) is 4.50. The van der Waals surface area contributed by atoms with E-state index in [0.29, 0.717) is 18.0 Å². The molecule has 0 atom stereocenters. The van der Waals surface area contributed by atoms with E-state index in [-0.39, 0.29) is 24.7 Å². The standard InChI is InChI=1S/C22H29N3O3/c1-3-25(4-2)17-16-23-21(26)14-15-22(27)24-18-10-12-20(13-11-18)28-19-8-6-5-7-9-19/h5-13H,3-4,14-17H2,1-2H3,(H,23,26)(H,24,27)/p+1. The van der Waals surface area contributed by atoms with Gasteiger partial charge in [0.1, 0.15) is 11.5 Å². The first-order chi connectivity index (χ1) is 13.6. The molecule has 150 valence electrons. The molecule has 2 aromatic rings. The minimum atomic E-state index is -0.179. The monoisotopic (exact) mass is 384 g/mol. The van der Waals surface area contributed by atoms with Crippen LogP contribution in [0.5, 0.6) is 11.5 Å². The van der Waals surface area contributed by atoms with Gasteiger partial charge >= 0.3 is 0 Å². The van der Waals surface area contributed by atoms with Crippen molar-refractivity contribution in [1.29, 1.82) is 0 Å². The third-order valence-electron chi connectivity index (χ3n) is 4.50. The second-order valence-corrected chi connectivity index (χ2v) is 6.54. The van der Waals surface area contributed by atoms with Crippen LogP contribution in [-0.4, -0.2) is 38.0 Å². The lowest BCUT2D eigenvalue weighted by molar-refractivity contribution is -0.895. The lowest BCUT2D eigenvalue weighted by Crippen LogP contribution is -3.12. The molecule has 0 aliphatic heterocycles. The van der Waals surface area contributed by atoms with Crippen LogP contribution < -0.4 is 20.3 Å². The topological polar surface area (TPSA) is 71.9 Å². The molecular formula is C22H30N3O3+. The zero-order chi connectivity index (χ0) is 20.2. The number of carbonyl (C=O) groups is 2. The molecule has 0 heterocycles. The maximum absolute atomic E-state index is 12.0. The van der Waals surface area contributed by atoms with Gasteiger partial charge in [0.25, 0.3) is 0 Å². The Kier molecular flexibility index (Phi) is 9.01. The Bertz CT molecular complexity index is 728. The number of nitrogens with one attached hydrogen (secondary N) is 3. The first-order valence-corrected chi connectivity index (χ1v) is 9.83. The van der Waals surface area contributed by atoms with E-state index in [2.05, 4.69) is 24.5 Å². The molecular weight excluding hydrogens is 354 g/mol. The number of quaternary nitrogens is 1. The van der Waals surface area contributed by atoms with Crippen LogP contribution in [0, 0.1) is 0 Å². The molecule has 0 unspecified atom stereocenters. The maximum atomic E-state index is 12.0. The third kappa shape index (κ3) is 7.80. The number of hydrogen-bond donors (Lipinski definition) is 3. The molecule has 0 aliphatic carbocycles. The lowest BCUT2D eigenvalue weighted by Gasteiger charge is -2.15. The second kappa shape index (κ2) is 11.8. The maximum Gasteiger partial charge on any atom is 0.224 e. The van der Waals surface area contributed by atoms with Gasteiger partial charge in [-0.25, -0.2) is 0 Å². The summed E-state index contributed by atoms with van der Waals surface area (Å²) in [6.45, 7) is 7.90. The van der Waals surface area contributed by atoms with Crippen LogP contribution in [0.4, 0.5) is 5.69 Å². The summed E-state index contributed by atoms with van der Waals surface area (Å²) in [7, 11) is 0. The van der Waals surface area contributed by atoms with Crippen LogP contribution >= 0.6 is 0 Å². The van der Waals surface area contributed by atoms with E-state index >= 15 is 0 Å². The van der Waals surface area contributed by atoms with Crippen LogP contribution in [0.1, 0.15) is 26.7 Å². The molecule has 0 spiro atoms. The van der Waals surface area contributed by atoms with Crippen LogP contribution in [0.15, 0.2) is 54.6 Å². The number of benzene rings is 2. The van der Waals surface area contributed by atoms with Gasteiger partial charge in [0.2, 0.25) is 11.8 Å². The highest BCUT2D eigenvalue weighted by Crippen LogP contribution is 2.22. The van der Waals surface area contributed by atoms with Gasteiger partial charge in [0.05, 0.1) is 26.2 Å². The van der Waals surface area contributed by atoms with Crippen molar-refractivity contribution < 1.29 is 19.2 Å². The normalized spacial score (nSPS) is 10.5. The second-order valence-electron chi connectivity index (χ2n) is 6.54. The number of amides is 2. The summed E-state index contributed by atoms with van der Waals surface area (Å²) in [6, 6.07) is 16.7. The van der Waals surface area contributed by atoms with Crippen molar-refractivity contribution in [2.24, 2.45) is 0 Å². The van der Waals surface area contributed by atoms with Crippen LogP contribution in [0.2, 0.25) is 0 Å². The Labute approximate surface area is 166 Å². The first kappa shape index (κ1) is 21.4. The molecule has 0 fully saturated rings. The number of ether oxygens (including phenoxy) is 1. The summed E-state index contributed by atoms with van der Waals surface area (Å²) in [5.74, 6) is 1.18. The number of hydrogen-bond acceptors (Lipinski definition) is 3. The van der Waals surface area contributed by atoms with Crippen molar-refractivity contribution in [3.05, 3.63) is 54.6 Å². The highest BCUT2D eigenvalue weighted by atomic mass is 16.5. The Hall–Kier alpha value is -2.86. The van der Waals surface area contributed by atoms with Crippen LogP contribution in [-0.2, 0) is 9.59 Å². The Morgan fingerprint density at radius 1 is 0.857 bits per heavy atom. The fourth-order valence-corrected chi connectivity index (χ4v) is 2.75. The quantitative estimate of drug-likeness (QED) is 0.556. The molecule has 6 nitrogen and oxygen atoms in total. The minimum absolute atomic E-state index is 0.0895. The van der Waals surface area contributed by atoms with Gasteiger partial charge in [0.15, 0.2) is 0 Å². The molecule has 0 aromatic heterocycles. The van der Waals surface area contributed by atoms with Gasteiger partial charge in [-0.1, -0.05) is 18.2 Å². The summed E-state index contributed by atoms with van der Waals surface area (Å²) in [4.78, 5) is 25.3. The molecule has 0 saturated carbocycles. The van der Waals surface area contributed by atoms with Crippen LogP contribution in [0.25, 0.3) is 0 Å². The average Bonchev–Trinajstić information content (AvgIpc) is 2.72. The molecule has 2 aromatic carbocycles. The highest BCUT2D eigenvalue weighted by molar-refractivity contribution is 5.93. The number of rotatable bonds is 11. The number of carbonyl (C=O) groups excluding carboxylic acids is 2. The van der Waals surface area contributed by atoms with E-state index < -0.39 is 0 Å². The van der Waals surface area contributed by atoms with Crippen molar-refractivity contribution in [3.8, 4) is 11.5 Å². The van der Waals surface area contributed by atoms with Gasteiger partial charge in [-0.05, 0) is 50.2 Å². The summed E-state index contributed by atoms with van der Waals surface area (Å²) in [6.07, 6.45) is 0.348. The molecule has 0 bridgehead atoms. The molecule has 6 heteroatoms. The average molecular weight is 385 g/mol. The Morgan fingerprint density at radius 3 is 2.11 bits per heavy atom. The van der Waals surface area contributed by atoms with Gasteiger partial charge in [0, 0.05) is 18.5 Å². The lowest BCUT2D eigenvalue weighted by atomic mass is 10.2. The van der Waals surface area contributed by atoms with Gasteiger partial charge in [-0.2, -0.15) is 0 Å². The molecule has 2 amide bonds. The Balaban J connectivity index is 1.69. The highest BCUT2D eigenvalue weighted by Gasteiger charge is 2.09. The molecule has 0 radical (unpaired) electrons. The van der Waals surface area contributed by atoms with Crippen LogP contribution in [0.3, 0.4) is 0 Å². The molecule has 2 rings (SSSR count). The van der Waals surface area contributed by atoms with Crippen molar-refractivity contribution >= 4 is 17.5 Å². The summed E-state index contributed by atoms with van der Waals surface area (Å²) in [5.41, 5.74) is 0.677. The minimum Gasteiger partial charge on any atom is -0.457 e. The summed E-state index contributed by atoms with van der Waals surface area (Å²) >= 11 is 0. The predicted octanol–water partition coefficient (Wildman–Crippen LogP) is 2.24.